The smallest absolute Gasteiger partial charge is 0.119 e. The first kappa shape index (κ1) is 18.1. The van der Waals surface area contributed by atoms with Crippen molar-refractivity contribution >= 4 is 0 Å². The first-order chi connectivity index (χ1) is 11.4. The van der Waals surface area contributed by atoms with Gasteiger partial charge in [0.05, 0.1) is 6.61 Å². The molecule has 0 aliphatic heterocycles. The number of hydrogen-bond donors (Lipinski definition) is 1. The quantitative estimate of drug-likeness (QED) is 0.422. The fourth-order valence-electron chi connectivity index (χ4n) is 3.08. The third kappa shape index (κ3) is 7.69. The van der Waals surface area contributed by atoms with Crippen LogP contribution in [0.3, 0.4) is 0 Å². The van der Waals surface area contributed by atoms with E-state index in [0.717, 1.165) is 31.9 Å². The van der Waals surface area contributed by atoms with Crippen molar-refractivity contribution in [3.63, 3.8) is 0 Å². The van der Waals surface area contributed by atoms with Crippen molar-refractivity contribution in [2.45, 2.75) is 71.3 Å². The number of nitrogens with one attached hydrogen (secondary N) is 1. The molecule has 2 rings (SSSR count). The van der Waals surface area contributed by atoms with Crippen molar-refractivity contribution in [2.24, 2.45) is 0 Å². The molecule has 1 aromatic rings. The van der Waals surface area contributed by atoms with Gasteiger partial charge in [-0.15, -0.1) is 0 Å². The van der Waals surface area contributed by atoms with Crippen LogP contribution in [0.15, 0.2) is 35.9 Å². The lowest BCUT2D eigenvalue weighted by molar-refractivity contribution is 0.304. The van der Waals surface area contributed by atoms with E-state index in [1.807, 2.05) is 0 Å². The number of ether oxygens (including phenoxy) is 1. The summed E-state index contributed by atoms with van der Waals surface area (Å²) in [5.41, 5.74) is 2.96. The predicted molar refractivity (Wildman–Crippen MR) is 99.0 cm³/mol. The Kier molecular flexibility index (Phi) is 8.86. The van der Waals surface area contributed by atoms with E-state index in [1.54, 1.807) is 5.57 Å². The molecule has 0 radical (unpaired) electrons. The summed E-state index contributed by atoms with van der Waals surface area (Å²) in [7, 11) is 0. The molecular weight excluding hydrogens is 282 g/mol. The molecule has 0 saturated carbocycles. The van der Waals surface area contributed by atoms with Crippen LogP contribution in [0.2, 0.25) is 0 Å². The highest BCUT2D eigenvalue weighted by Gasteiger charge is 2.03. The zero-order valence-corrected chi connectivity index (χ0v) is 14.8. The van der Waals surface area contributed by atoms with Crippen LogP contribution in [-0.2, 0) is 6.54 Å². The van der Waals surface area contributed by atoms with Crippen LogP contribution in [0, 0.1) is 0 Å². The molecule has 1 aliphatic carbocycles. The highest BCUT2D eigenvalue weighted by atomic mass is 16.5. The van der Waals surface area contributed by atoms with Gasteiger partial charge in [-0.3, -0.25) is 0 Å². The normalized spacial score (nSPS) is 14.6. The summed E-state index contributed by atoms with van der Waals surface area (Å²) < 4.78 is 5.86. The molecule has 0 bridgehead atoms. The molecular formula is C21H33NO. The van der Waals surface area contributed by atoms with Crippen LogP contribution in [0.4, 0.5) is 0 Å². The number of allylic oxidation sites excluding steroid dienone is 1. The minimum Gasteiger partial charge on any atom is -0.494 e. The fourth-order valence-corrected chi connectivity index (χ4v) is 3.08. The standard InChI is InChI=1S/C21H33NO/c1-2-3-4-8-16-23-21-13-9-12-20(17-21)18-22-15-14-19-10-6-5-7-11-19/h9-10,12-13,17,22H,2-8,11,14-16,18H2,1H3. The van der Waals surface area contributed by atoms with Crippen molar-refractivity contribution in [3.8, 4) is 5.75 Å². The summed E-state index contributed by atoms with van der Waals surface area (Å²) in [4.78, 5) is 0. The highest BCUT2D eigenvalue weighted by molar-refractivity contribution is 5.28. The van der Waals surface area contributed by atoms with Gasteiger partial charge in [0.1, 0.15) is 5.75 Å². The molecule has 0 amide bonds. The Morgan fingerprint density at radius 1 is 1.13 bits per heavy atom. The summed E-state index contributed by atoms with van der Waals surface area (Å²) in [5.74, 6) is 1.01. The zero-order valence-electron chi connectivity index (χ0n) is 14.8. The molecule has 0 spiro atoms. The van der Waals surface area contributed by atoms with Crippen LogP contribution in [0.25, 0.3) is 0 Å². The van der Waals surface area contributed by atoms with Crippen molar-refractivity contribution in [3.05, 3.63) is 41.5 Å². The lowest BCUT2D eigenvalue weighted by atomic mass is 9.97. The lowest BCUT2D eigenvalue weighted by Crippen LogP contribution is -2.15. The van der Waals surface area contributed by atoms with Gasteiger partial charge in [0.25, 0.3) is 0 Å². The second-order valence-electron chi connectivity index (χ2n) is 6.59. The number of unbranched alkanes of at least 4 members (excludes halogenated alkanes) is 3. The van der Waals surface area contributed by atoms with Crippen LogP contribution < -0.4 is 10.1 Å². The molecule has 0 fully saturated rings. The van der Waals surface area contributed by atoms with E-state index in [9.17, 15) is 0 Å². The predicted octanol–water partition coefficient (Wildman–Crippen LogP) is 5.63. The summed E-state index contributed by atoms with van der Waals surface area (Å²) in [5, 5.41) is 3.56. The zero-order chi connectivity index (χ0) is 16.2. The Hall–Kier alpha value is -1.28. The van der Waals surface area contributed by atoms with Gasteiger partial charge in [-0.1, -0.05) is 50.0 Å². The maximum atomic E-state index is 5.86. The Morgan fingerprint density at radius 3 is 2.91 bits per heavy atom. The molecule has 128 valence electrons. The number of benzene rings is 1. The third-order valence-corrected chi connectivity index (χ3v) is 4.50. The molecule has 23 heavy (non-hydrogen) atoms. The molecule has 0 heterocycles. The van der Waals surface area contributed by atoms with E-state index in [0.29, 0.717) is 0 Å². The van der Waals surface area contributed by atoms with Gasteiger partial charge in [-0.05, 0) is 62.8 Å². The lowest BCUT2D eigenvalue weighted by Gasteiger charge is -2.13. The Bertz CT molecular complexity index is 467. The SMILES string of the molecule is CCCCCCOc1cccc(CNCCC2=CCCCC2)c1. The van der Waals surface area contributed by atoms with Crippen LogP contribution in [0.1, 0.15) is 70.3 Å². The van der Waals surface area contributed by atoms with E-state index in [-0.39, 0.29) is 0 Å². The summed E-state index contributed by atoms with van der Waals surface area (Å²) in [6.45, 7) is 5.08. The average Bonchev–Trinajstić information content (AvgIpc) is 2.60. The van der Waals surface area contributed by atoms with Gasteiger partial charge >= 0.3 is 0 Å². The van der Waals surface area contributed by atoms with Crippen molar-refractivity contribution in [2.75, 3.05) is 13.2 Å². The molecule has 2 nitrogen and oxygen atoms in total. The monoisotopic (exact) mass is 315 g/mol. The average molecular weight is 316 g/mol. The minimum atomic E-state index is 0.838. The van der Waals surface area contributed by atoms with E-state index in [2.05, 4.69) is 42.6 Å². The van der Waals surface area contributed by atoms with Gasteiger partial charge in [-0.25, -0.2) is 0 Å². The van der Waals surface area contributed by atoms with Crippen molar-refractivity contribution in [1.29, 1.82) is 0 Å². The second-order valence-corrected chi connectivity index (χ2v) is 6.59. The summed E-state index contributed by atoms with van der Waals surface area (Å²) in [6, 6.07) is 8.52. The van der Waals surface area contributed by atoms with Crippen LogP contribution >= 0.6 is 0 Å². The Morgan fingerprint density at radius 2 is 2.09 bits per heavy atom. The van der Waals surface area contributed by atoms with E-state index in [4.69, 9.17) is 4.74 Å². The maximum absolute atomic E-state index is 5.86. The van der Waals surface area contributed by atoms with Gasteiger partial charge in [0, 0.05) is 6.54 Å². The molecule has 0 unspecified atom stereocenters. The minimum absolute atomic E-state index is 0.838. The first-order valence-electron chi connectivity index (χ1n) is 9.49. The second kappa shape index (κ2) is 11.3. The van der Waals surface area contributed by atoms with Crippen molar-refractivity contribution in [1.82, 2.24) is 5.32 Å². The fraction of sp³-hybridized carbons (Fsp3) is 0.619. The van der Waals surface area contributed by atoms with Gasteiger partial charge in [0.2, 0.25) is 0 Å². The number of rotatable bonds is 11. The first-order valence-corrected chi connectivity index (χ1v) is 9.49. The largest absolute Gasteiger partial charge is 0.494 e. The molecule has 0 saturated heterocycles. The number of hydrogen-bond acceptors (Lipinski definition) is 2. The molecule has 1 aliphatic rings. The van der Waals surface area contributed by atoms with Gasteiger partial charge in [-0.2, -0.15) is 0 Å². The van der Waals surface area contributed by atoms with Crippen molar-refractivity contribution < 1.29 is 4.74 Å². The van der Waals surface area contributed by atoms with Gasteiger partial charge in [0.15, 0.2) is 0 Å². The molecule has 0 aromatic heterocycles. The summed E-state index contributed by atoms with van der Waals surface area (Å²) >= 11 is 0. The molecule has 0 atom stereocenters. The van der Waals surface area contributed by atoms with Crippen LogP contribution in [-0.4, -0.2) is 13.2 Å². The van der Waals surface area contributed by atoms with Crippen LogP contribution in [0.5, 0.6) is 5.75 Å². The van der Waals surface area contributed by atoms with E-state index in [1.165, 1.54) is 56.9 Å². The highest BCUT2D eigenvalue weighted by Crippen LogP contribution is 2.19. The van der Waals surface area contributed by atoms with E-state index < -0.39 is 0 Å². The summed E-state index contributed by atoms with van der Waals surface area (Å²) in [6.07, 6.45) is 14.0. The Labute approximate surface area is 142 Å². The topological polar surface area (TPSA) is 21.3 Å². The molecule has 1 N–H and O–H groups in total. The maximum Gasteiger partial charge on any atom is 0.119 e. The third-order valence-electron chi connectivity index (χ3n) is 4.50. The Balaban J connectivity index is 1.63. The molecule has 2 heteroatoms. The van der Waals surface area contributed by atoms with E-state index >= 15 is 0 Å². The molecule has 1 aromatic carbocycles. The van der Waals surface area contributed by atoms with Gasteiger partial charge < -0.3 is 10.1 Å².